The van der Waals surface area contributed by atoms with Gasteiger partial charge in [0.25, 0.3) is 0 Å². The van der Waals surface area contributed by atoms with Crippen LogP contribution in [0.25, 0.3) is 0 Å². The first kappa shape index (κ1) is 14.3. The van der Waals surface area contributed by atoms with Crippen molar-refractivity contribution in [2.24, 2.45) is 13.0 Å². The van der Waals surface area contributed by atoms with E-state index >= 15 is 0 Å². The van der Waals surface area contributed by atoms with Gasteiger partial charge in [-0.2, -0.15) is 5.10 Å². The van der Waals surface area contributed by atoms with Crippen LogP contribution in [-0.4, -0.2) is 41.2 Å². The van der Waals surface area contributed by atoms with Gasteiger partial charge in [0.1, 0.15) is 5.82 Å². The molecule has 5 nitrogen and oxygen atoms in total. The molecule has 1 aliphatic rings. The molecule has 0 radical (unpaired) electrons. The fraction of sp³-hybridized carbons (Fsp3) is 0.786. The van der Waals surface area contributed by atoms with Crippen molar-refractivity contribution in [2.75, 3.05) is 25.2 Å². The molecule has 5 heteroatoms. The lowest BCUT2D eigenvalue weighted by Gasteiger charge is -2.32. The van der Waals surface area contributed by atoms with E-state index in [0.717, 1.165) is 29.5 Å². The van der Waals surface area contributed by atoms with E-state index in [-0.39, 0.29) is 6.61 Å². The predicted molar refractivity (Wildman–Crippen MR) is 75.3 cm³/mol. The van der Waals surface area contributed by atoms with Crippen molar-refractivity contribution in [2.45, 2.75) is 39.3 Å². The minimum absolute atomic E-state index is 0.0376. The second-order valence-electron chi connectivity index (χ2n) is 5.43. The summed E-state index contributed by atoms with van der Waals surface area (Å²) in [5.74, 6) is 1.80. The highest BCUT2D eigenvalue weighted by atomic mass is 16.5. The van der Waals surface area contributed by atoms with E-state index < -0.39 is 0 Å². The maximum Gasteiger partial charge on any atom is 0.132 e. The number of rotatable bonds is 7. The summed E-state index contributed by atoms with van der Waals surface area (Å²) >= 11 is 0. The minimum atomic E-state index is 0.0376. The van der Waals surface area contributed by atoms with Gasteiger partial charge in [-0.3, -0.25) is 4.68 Å². The van der Waals surface area contributed by atoms with Crippen LogP contribution in [0.2, 0.25) is 0 Å². The third-order valence-corrected chi connectivity index (χ3v) is 4.08. The van der Waals surface area contributed by atoms with Crippen LogP contribution in [0.4, 0.5) is 5.82 Å². The highest BCUT2D eigenvalue weighted by Gasteiger charge is 2.34. The van der Waals surface area contributed by atoms with Crippen molar-refractivity contribution < 1.29 is 9.84 Å². The van der Waals surface area contributed by atoms with Crippen LogP contribution in [0.15, 0.2) is 0 Å². The molecule has 1 aliphatic carbocycles. The van der Waals surface area contributed by atoms with E-state index in [1.807, 2.05) is 18.7 Å². The first-order valence-electron chi connectivity index (χ1n) is 6.99. The Morgan fingerprint density at radius 2 is 2.21 bits per heavy atom. The summed E-state index contributed by atoms with van der Waals surface area (Å²) in [6, 6.07) is 0.468. The van der Waals surface area contributed by atoms with Crippen molar-refractivity contribution in [1.29, 1.82) is 0 Å². The number of methoxy groups -OCH3 is 1. The summed E-state index contributed by atoms with van der Waals surface area (Å²) in [4.78, 5) is 2.34. The van der Waals surface area contributed by atoms with Crippen molar-refractivity contribution in [3.8, 4) is 0 Å². The number of aromatic nitrogens is 2. The van der Waals surface area contributed by atoms with Crippen LogP contribution in [-0.2, 0) is 18.4 Å². The fourth-order valence-corrected chi connectivity index (χ4v) is 2.76. The largest absolute Gasteiger partial charge is 0.391 e. The van der Waals surface area contributed by atoms with E-state index in [1.54, 1.807) is 7.11 Å². The summed E-state index contributed by atoms with van der Waals surface area (Å²) in [6.45, 7) is 5.77. The first-order valence-corrected chi connectivity index (χ1v) is 6.99. The SMILES string of the molecule is COCCN(c1c(CO)c(C)nn1C)C(C)C1CC1. The second-order valence-corrected chi connectivity index (χ2v) is 5.43. The van der Waals surface area contributed by atoms with Gasteiger partial charge >= 0.3 is 0 Å². The normalized spacial score (nSPS) is 16.7. The Kier molecular flexibility index (Phi) is 4.47. The third kappa shape index (κ3) is 2.92. The molecule has 1 aromatic rings. The summed E-state index contributed by atoms with van der Waals surface area (Å²) in [7, 11) is 3.67. The molecule has 19 heavy (non-hydrogen) atoms. The van der Waals surface area contributed by atoms with Gasteiger partial charge < -0.3 is 14.7 Å². The van der Waals surface area contributed by atoms with E-state index in [9.17, 15) is 5.11 Å². The van der Waals surface area contributed by atoms with Crippen LogP contribution in [0.1, 0.15) is 31.0 Å². The van der Waals surface area contributed by atoms with Crippen LogP contribution in [0.5, 0.6) is 0 Å². The quantitative estimate of drug-likeness (QED) is 0.813. The molecule has 1 atom stereocenters. The van der Waals surface area contributed by atoms with Gasteiger partial charge in [-0.05, 0) is 32.6 Å². The number of nitrogens with zero attached hydrogens (tertiary/aromatic N) is 3. The molecule has 1 fully saturated rings. The van der Waals surface area contributed by atoms with Crippen molar-refractivity contribution in [3.63, 3.8) is 0 Å². The number of ether oxygens (including phenoxy) is 1. The first-order chi connectivity index (χ1) is 9.10. The van der Waals surface area contributed by atoms with Crippen molar-refractivity contribution in [1.82, 2.24) is 9.78 Å². The molecule has 0 bridgehead atoms. The predicted octanol–water partition coefficient (Wildman–Crippen LogP) is 1.47. The molecule has 0 spiro atoms. The molecule has 0 aliphatic heterocycles. The number of aliphatic hydroxyl groups excluding tert-OH is 1. The average Bonchev–Trinajstić information content (AvgIpc) is 3.17. The van der Waals surface area contributed by atoms with Crippen LogP contribution < -0.4 is 4.90 Å². The van der Waals surface area contributed by atoms with Gasteiger partial charge in [0.05, 0.1) is 18.9 Å². The lowest BCUT2D eigenvalue weighted by atomic mass is 10.1. The number of hydrogen-bond acceptors (Lipinski definition) is 4. The minimum Gasteiger partial charge on any atom is -0.391 e. The lowest BCUT2D eigenvalue weighted by Crippen LogP contribution is -2.39. The van der Waals surface area contributed by atoms with Crippen LogP contribution >= 0.6 is 0 Å². The van der Waals surface area contributed by atoms with Gasteiger partial charge in [-0.1, -0.05) is 0 Å². The summed E-state index contributed by atoms with van der Waals surface area (Å²) < 4.78 is 7.11. The zero-order valence-corrected chi connectivity index (χ0v) is 12.4. The standard InChI is InChI=1S/C14H25N3O2/c1-10-13(9-18)14(16(3)15-10)17(7-8-19-4)11(2)12-5-6-12/h11-12,18H,5-9H2,1-4H3. The molecule has 1 N–H and O–H groups in total. The Morgan fingerprint density at radius 1 is 1.53 bits per heavy atom. The van der Waals surface area contributed by atoms with Crippen molar-refractivity contribution in [3.05, 3.63) is 11.3 Å². The molecule has 1 aromatic heterocycles. The number of aryl methyl sites for hydroxylation is 2. The third-order valence-electron chi connectivity index (χ3n) is 4.08. The zero-order valence-electron chi connectivity index (χ0n) is 12.4. The molecule has 1 saturated carbocycles. The number of aliphatic hydroxyl groups is 1. The molecule has 0 amide bonds. The number of hydrogen-bond donors (Lipinski definition) is 1. The molecule has 108 valence electrons. The van der Waals surface area contributed by atoms with E-state index in [1.165, 1.54) is 12.8 Å². The molecule has 2 rings (SSSR count). The van der Waals surface area contributed by atoms with E-state index in [2.05, 4.69) is 16.9 Å². The highest BCUT2D eigenvalue weighted by molar-refractivity contribution is 5.51. The Hall–Kier alpha value is -1.07. The topological polar surface area (TPSA) is 50.5 Å². The Morgan fingerprint density at radius 3 is 2.74 bits per heavy atom. The molecule has 1 heterocycles. The fourth-order valence-electron chi connectivity index (χ4n) is 2.76. The molecular weight excluding hydrogens is 242 g/mol. The van der Waals surface area contributed by atoms with Crippen LogP contribution in [0, 0.1) is 12.8 Å². The van der Waals surface area contributed by atoms with E-state index in [4.69, 9.17) is 4.74 Å². The average molecular weight is 267 g/mol. The Bertz CT molecular complexity index is 427. The van der Waals surface area contributed by atoms with Gasteiger partial charge in [-0.15, -0.1) is 0 Å². The van der Waals surface area contributed by atoms with Crippen LogP contribution in [0.3, 0.4) is 0 Å². The molecular formula is C14H25N3O2. The summed E-state index contributed by atoms with van der Waals surface area (Å²) in [5, 5.41) is 14.1. The van der Waals surface area contributed by atoms with Crippen molar-refractivity contribution >= 4 is 5.82 Å². The Balaban J connectivity index is 2.30. The Labute approximate surface area is 115 Å². The molecule has 0 saturated heterocycles. The molecule has 1 unspecified atom stereocenters. The zero-order chi connectivity index (χ0) is 14.0. The monoisotopic (exact) mass is 267 g/mol. The van der Waals surface area contributed by atoms with Gasteiger partial charge in [-0.25, -0.2) is 0 Å². The van der Waals surface area contributed by atoms with Gasteiger partial charge in [0, 0.05) is 32.3 Å². The maximum absolute atomic E-state index is 9.61. The van der Waals surface area contributed by atoms with Gasteiger partial charge in [0.15, 0.2) is 0 Å². The summed E-state index contributed by atoms with van der Waals surface area (Å²) in [6.07, 6.45) is 2.60. The molecule has 0 aromatic carbocycles. The van der Waals surface area contributed by atoms with Gasteiger partial charge in [0.2, 0.25) is 0 Å². The lowest BCUT2D eigenvalue weighted by molar-refractivity contribution is 0.202. The maximum atomic E-state index is 9.61. The highest BCUT2D eigenvalue weighted by Crippen LogP contribution is 2.37. The summed E-state index contributed by atoms with van der Waals surface area (Å²) in [5.41, 5.74) is 1.84. The smallest absolute Gasteiger partial charge is 0.132 e. The number of anilines is 1. The van der Waals surface area contributed by atoms with E-state index in [0.29, 0.717) is 12.6 Å². The second kappa shape index (κ2) is 5.92.